The molecule has 1 aromatic rings. The van der Waals surface area contributed by atoms with E-state index in [4.69, 9.17) is 5.73 Å². The molecule has 0 heterocycles. The van der Waals surface area contributed by atoms with Crippen LogP contribution < -0.4 is 5.73 Å². The summed E-state index contributed by atoms with van der Waals surface area (Å²) in [6.07, 6.45) is 4.21. The topological polar surface area (TPSA) is 26.0 Å². The molecule has 1 nitrogen and oxygen atoms in total. The maximum Gasteiger partial charge on any atom is 0.141 e. The Kier molecular flexibility index (Phi) is 3.12. The lowest BCUT2D eigenvalue weighted by Crippen LogP contribution is -2.37. The van der Waals surface area contributed by atoms with Crippen LogP contribution in [0.2, 0.25) is 0 Å². The van der Waals surface area contributed by atoms with Crippen LogP contribution in [-0.2, 0) is 5.41 Å². The minimum absolute atomic E-state index is 0.0165. The summed E-state index contributed by atoms with van der Waals surface area (Å²) in [5.41, 5.74) is 6.47. The van der Waals surface area contributed by atoms with Gasteiger partial charge in [0, 0.05) is 0 Å². The van der Waals surface area contributed by atoms with Gasteiger partial charge in [-0.2, -0.15) is 0 Å². The molecule has 0 atom stereocenters. The second kappa shape index (κ2) is 4.22. The van der Waals surface area contributed by atoms with E-state index >= 15 is 0 Å². The quantitative estimate of drug-likeness (QED) is 0.897. The van der Waals surface area contributed by atoms with E-state index in [0.29, 0.717) is 11.0 Å². The molecule has 1 aliphatic rings. The lowest BCUT2D eigenvalue weighted by atomic mass is 9.62. The number of hydrogen-bond donors (Lipinski definition) is 1. The maximum atomic E-state index is 14.0. The summed E-state index contributed by atoms with van der Waals surface area (Å²) in [5, 5.41) is 0. The Morgan fingerprint density at radius 3 is 2.67 bits per heavy atom. The molecular formula is C12H15BrFN. The van der Waals surface area contributed by atoms with Crippen LogP contribution in [0.25, 0.3) is 0 Å². The predicted molar refractivity (Wildman–Crippen MR) is 63.3 cm³/mol. The van der Waals surface area contributed by atoms with Crippen molar-refractivity contribution in [1.82, 2.24) is 0 Å². The summed E-state index contributed by atoms with van der Waals surface area (Å²) >= 11 is 3.24. The second-order valence-electron chi connectivity index (χ2n) is 4.27. The molecule has 1 aliphatic carbocycles. The number of halogens is 2. The van der Waals surface area contributed by atoms with Gasteiger partial charge >= 0.3 is 0 Å². The van der Waals surface area contributed by atoms with Crippen molar-refractivity contribution < 1.29 is 4.39 Å². The molecule has 0 saturated heterocycles. The Bertz CT molecular complexity index is 361. The zero-order valence-electron chi connectivity index (χ0n) is 8.60. The van der Waals surface area contributed by atoms with Crippen LogP contribution in [0.15, 0.2) is 22.7 Å². The van der Waals surface area contributed by atoms with Gasteiger partial charge in [-0.15, -0.1) is 0 Å². The van der Waals surface area contributed by atoms with Crippen molar-refractivity contribution in [3.8, 4) is 0 Å². The maximum absolute atomic E-state index is 14.0. The molecule has 0 radical (unpaired) electrons. The average Bonchev–Trinajstić information content (AvgIpc) is 2.17. The number of nitrogens with two attached hydrogens (primary N) is 1. The minimum atomic E-state index is -0.106. The molecule has 0 aliphatic heterocycles. The molecule has 0 spiro atoms. The Hall–Kier alpha value is -0.410. The van der Waals surface area contributed by atoms with E-state index in [-0.39, 0.29) is 11.2 Å². The van der Waals surface area contributed by atoms with Gasteiger partial charge < -0.3 is 5.73 Å². The molecule has 2 N–H and O–H groups in total. The fourth-order valence-electron chi connectivity index (χ4n) is 2.45. The Labute approximate surface area is 98.0 Å². The Morgan fingerprint density at radius 2 is 2.13 bits per heavy atom. The molecular weight excluding hydrogens is 257 g/mol. The smallest absolute Gasteiger partial charge is 0.141 e. The van der Waals surface area contributed by atoms with Crippen molar-refractivity contribution in [3.05, 3.63) is 34.1 Å². The van der Waals surface area contributed by atoms with Gasteiger partial charge in [-0.1, -0.05) is 18.6 Å². The van der Waals surface area contributed by atoms with E-state index in [2.05, 4.69) is 15.9 Å². The molecule has 0 amide bonds. The van der Waals surface area contributed by atoms with Gasteiger partial charge in [0.15, 0.2) is 0 Å². The zero-order valence-corrected chi connectivity index (χ0v) is 10.2. The Morgan fingerprint density at radius 1 is 1.40 bits per heavy atom. The molecule has 3 heteroatoms. The van der Waals surface area contributed by atoms with Crippen molar-refractivity contribution in [2.75, 3.05) is 6.54 Å². The number of benzene rings is 1. The molecule has 0 aromatic heterocycles. The van der Waals surface area contributed by atoms with Crippen molar-refractivity contribution >= 4 is 15.9 Å². The van der Waals surface area contributed by atoms with Gasteiger partial charge in [-0.3, -0.25) is 0 Å². The lowest BCUT2D eigenvalue weighted by molar-refractivity contribution is 0.221. The first-order valence-corrected chi connectivity index (χ1v) is 6.13. The summed E-state index contributed by atoms with van der Waals surface area (Å²) in [7, 11) is 0. The molecule has 0 unspecified atom stereocenters. The third-order valence-electron chi connectivity index (χ3n) is 3.46. The van der Waals surface area contributed by atoms with Crippen molar-refractivity contribution in [2.45, 2.75) is 31.1 Å². The summed E-state index contributed by atoms with van der Waals surface area (Å²) in [6.45, 7) is 0.631. The molecule has 1 fully saturated rings. The van der Waals surface area contributed by atoms with Crippen LogP contribution >= 0.6 is 15.9 Å². The number of rotatable bonds is 3. The summed E-state index contributed by atoms with van der Waals surface area (Å²) in [4.78, 5) is 0. The predicted octanol–water partition coefficient (Wildman–Crippen LogP) is 3.36. The number of hydrogen-bond acceptors (Lipinski definition) is 1. The van der Waals surface area contributed by atoms with Gasteiger partial charge in [0.1, 0.15) is 5.82 Å². The monoisotopic (exact) mass is 271 g/mol. The van der Waals surface area contributed by atoms with E-state index in [9.17, 15) is 4.39 Å². The van der Waals surface area contributed by atoms with E-state index < -0.39 is 0 Å². The largest absolute Gasteiger partial charge is 0.330 e. The lowest BCUT2D eigenvalue weighted by Gasteiger charge is -2.42. The first kappa shape index (κ1) is 11.1. The Balaban J connectivity index is 2.38. The van der Waals surface area contributed by atoms with Crippen LogP contribution in [0.1, 0.15) is 31.2 Å². The molecule has 0 bridgehead atoms. The van der Waals surface area contributed by atoms with Gasteiger partial charge in [-0.25, -0.2) is 4.39 Å². The fraction of sp³-hybridized carbons (Fsp3) is 0.500. The molecule has 82 valence electrons. The third-order valence-corrected chi connectivity index (χ3v) is 4.07. The average molecular weight is 272 g/mol. The highest BCUT2D eigenvalue weighted by molar-refractivity contribution is 9.10. The highest BCUT2D eigenvalue weighted by Gasteiger charge is 2.39. The van der Waals surface area contributed by atoms with Crippen LogP contribution in [0.4, 0.5) is 4.39 Å². The third kappa shape index (κ3) is 1.83. The summed E-state index contributed by atoms with van der Waals surface area (Å²) in [5.74, 6) is -0.106. The molecule has 1 saturated carbocycles. The van der Waals surface area contributed by atoms with Crippen molar-refractivity contribution in [1.29, 1.82) is 0 Å². The standard InChI is InChI=1S/C12H15BrFN/c13-10-4-1-3-9(11(10)14)12(7-8-15)5-2-6-12/h1,3-4H,2,5-8,15H2. The van der Waals surface area contributed by atoms with Gasteiger partial charge in [0.2, 0.25) is 0 Å². The van der Waals surface area contributed by atoms with Crippen molar-refractivity contribution in [2.24, 2.45) is 5.73 Å². The molecule has 1 aromatic carbocycles. The zero-order chi connectivity index (χ0) is 10.9. The minimum Gasteiger partial charge on any atom is -0.330 e. The fourth-order valence-corrected chi connectivity index (χ4v) is 2.81. The normalized spacial score (nSPS) is 18.6. The van der Waals surface area contributed by atoms with Crippen LogP contribution in [-0.4, -0.2) is 6.54 Å². The highest BCUT2D eigenvalue weighted by atomic mass is 79.9. The van der Waals surface area contributed by atoms with E-state index in [1.807, 2.05) is 12.1 Å². The SMILES string of the molecule is NCCC1(c2cccc(Br)c2F)CCC1. The second-order valence-corrected chi connectivity index (χ2v) is 5.13. The highest BCUT2D eigenvalue weighted by Crippen LogP contribution is 2.47. The van der Waals surface area contributed by atoms with Gasteiger partial charge in [-0.05, 0) is 58.8 Å². The van der Waals surface area contributed by atoms with Crippen LogP contribution in [0, 0.1) is 5.82 Å². The first-order valence-electron chi connectivity index (χ1n) is 5.34. The van der Waals surface area contributed by atoms with E-state index in [1.165, 1.54) is 6.42 Å². The van der Waals surface area contributed by atoms with Gasteiger partial charge in [0.05, 0.1) is 4.47 Å². The summed E-state index contributed by atoms with van der Waals surface area (Å²) in [6, 6.07) is 5.54. The van der Waals surface area contributed by atoms with Crippen LogP contribution in [0.3, 0.4) is 0 Å². The first-order chi connectivity index (χ1) is 7.19. The van der Waals surface area contributed by atoms with E-state index in [1.54, 1.807) is 6.07 Å². The molecule has 2 rings (SSSR count). The van der Waals surface area contributed by atoms with Crippen LogP contribution in [0.5, 0.6) is 0 Å². The molecule has 15 heavy (non-hydrogen) atoms. The van der Waals surface area contributed by atoms with Crippen molar-refractivity contribution in [3.63, 3.8) is 0 Å². The van der Waals surface area contributed by atoms with E-state index in [0.717, 1.165) is 24.8 Å². The summed E-state index contributed by atoms with van der Waals surface area (Å²) < 4.78 is 14.5. The van der Waals surface area contributed by atoms with Gasteiger partial charge in [0.25, 0.3) is 0 Å².